The Morgan fingerprint density at radius 3 is 2.55 bits per heavy atom. The number of carboxylic acid groups (broad SMARTS) is 1. The zero-order chi connectivity index (χ0) is 14.1. The monoisotopic (exact) mass is 265 g/mol. The number of anilines is 1. The fourth-order valence-corrected chi connectivity index (χ4v) is 2.18. The second-order valence-corrected chi connectivity index (χ2v) is 4.49. The lowest BCUT2D eigenvalue weighted by atomic mass is 10.0. The number of rotatable bonds is 2. The largest absolute Gasteiger partial charge is 0.478 e. The van der Waals surface area contributed by atoms with E-state index >= 15 is 0 Å². The molecule has 3 rings (SSSR count). The first kappa shape index (κ1) is 12.2. The number of carbonyl (C=O) groups excluding carboxylic acids is 1. The SMILES string of the molecule is O=C1Nc2ccc(C(=O)O)cc2/C1=C\c1ccccc1. The highest BCUT2D eigenvalue weighted by Crippen LogP contribution is 2.33. The molecule has 4 nitrogen and oxygen atoms in total. The van der Waals surface area contributed by atoms with E-state index in [2.05, 4.69) is 5.32 Å². The standard InChI is InChI=1S/C16H11NO3/c18-15-13(8-10-4-2-1-3-5-10)12-9-11(16(19)20)6-7-14(12)17-15/h1-9H,(H,17,18)(H,19,20)/b13-8+. The summed E-state index contributed by atoms with van der Waals surface area (Å²) in [5.74, 6) is -1.22. The third kappa shape index (κ3) is 2.07. The molecule has 0 radical (unpaired) electrons. The molecule has 2 N–H and O–H groups in total. The normalized spacial score (nSPS) is 15.0. The second-order valence-electron chi connectivity index (χ2n) is 4.49. The molecule has 98 valence electrons. The summed E-state index contributed by atoms with van der Waals surface area (Å²) in [6.45, 7) is 0. The topological polar surface area (TPSA) is 66.4 Å². The van der Waals surface area contributed by atoms with E-state index in [0.29, 0.717) is 16.8 Å². The molecular weight excluding hydrogens is 254 g/mol. The van der Waals surface area contributed by atoms with Crippen molar-refractivity contribution >= 4 is 29.2 Å². The molecule has 1 aliphatic heterocycles. The molecule has 0 saturated carbocycles. The van der Waals surface area contributed by atoms with Crippen molar-refractivity contribution < 1.29 is 14.7 Å². The Bertz CT molecular complexity index is 733. The minimum atomic E-state index is -1.01. The van der Waals surface area contributed by atoms with Crippen molar-refractivity contribution in [2.45, 2.75) is 0 Å². The van der Waals surface area contributed by atoms with Crippen molar-refractivity contribution in [2.24, 2.45) is 0 Å². The van der Waals surface area contributed by atoms with Gasteiger partial charge in [-0.2, -0.15) is 0 Å². The van der Waals surface area contributed by atoms with E-state index < -0.39 is 5.97 Å². The Morgan fingerprint density at radius 2 is 1.85 bits per heavy atom. The van der Waals surface area contributed by atoms with E-state index in [-0.39, 0.29) is 11.5 Å². The van der Waals surface area contributed by atoms with Gasteiger partial charge in [0, 0.05) is 16.8 Å². The summed E-state index contributed by atoms with van der Waals surface area (Å²) in [6, 6.07) is 14.0. The molecule has 0 saturated heterocycles. The minimum Gasteiger partial charge on any atom is -0.478 e. The van der Waals surface area contributed by atoms with Crippen LogP contribution in [0, 0.1) is 0 Å². The van der Waals surface area contributed by atoms with Gasteiger partial charge in [0.15, 0.2) is 0 Å². The van der Waals surface area contributed by atoms with Gasteiger partial charge in [0.1, 0.15) is 0 Å². The van der Waals surface area contributed by atoms with Crippen LogP contribution in [0.25, 0.3) is 11.6 Å². The van der Waals surface area contributed by atoms with E-state index in [1.54, 1.807) is 12.1 Å². The summed E-state index contributed by atoms with van der Waals surface area (Å²) in [5, 5.41) is 11.8. The summed E-state index contributed by atoms with van der Waals surface area (Å²) < 4.78 is 0. The van der Waals surface area contributed by atoms with Gasteiger partial charge in [-0.3, -0.25) is 4.79 Å². The van der Waals surface area contributed by atoms with Crippen molar-refractivity contribution in [1.29, 1.82) is 0 Å². The molecule has 0 aliphatic carbocycles. The average molecular weight is 265 g/mol. The highest BCUT2D eigenvalue weighted by Gasteiger charge is 2.25. The number of nitrogens with one attached hydrogen (secondary N) is 1. The Hall–Kier alpha value is -2.88. The van der Waals surface area contributed by atoms with Gasteiger partial charge in [-0.25, -0.2) is 4.79 Å². The predicted molar refractivity (Wildman–Crippen MR) is 76.3 cm³/mol. The lowest BCUT2D eigenvalue weighted by molar-refractivity contribution is -0.110. The fraction of sp³-hybridized carbons (Fsp3) is 0. The Kier molecular flexibility index (Phi) is 2.84. The first-order valence-electron chi connectivity index (χ1n) is 6.11. The number of hydrogen-bond donors (Lipinski definition) is 2. The Morgan fingerprint density at radius 1 is 1.10 bits per heavy atom. The molecule has 0 spiro atoms. The minimum absolute atomic E-state index is 0.166. The first-order valence-corrected chi connectivity index (χ1v) is 6.11. The number of carbonyl (C=O) groups is 2. The summed E-state index contributed by atoms with van der Waals surface area (Å²) in [5.41, 5.74) is 2.81. The summed E-state index contributed by atoms with van der Waals surface area (Å²) in [7, 11) is 0. The fourth-order valence-electron chi connectivity index (χ4n) is 2.18. The van der Waals surface area contributed by atoms with Crippen LogP contribution in [0.5, 0.6) is 0 Å². The van der Waals surface area contributed by atoms with Crippen molar-refractivity contribution in [3.8, 4) is 0 Å². The number of benzene rings is 2. The lowest BCUT2D eigenvalue weighted by Gasteiger charge is -2.01. The van der Waals surface area contributed by atoms with Crippen molar-refractivity contribution in [3.63, 3.8) is 0 Å². The van der Waals surface area contributed by atoms with Crippen LogP contribution in [0.4, 0.5) is 5.69 Å². The molecule has 4 heteroatoms. The molecule has 0 atom stereocenters. The van der Waals surface area contributed by atoms with Gasteiger partial charge in [-0.05, 0) is 29.8 Å². The van der Waals surface area contributed by atoms with Crippen molar-refractivity contribution in [2.75, 3.05) is 5.32 Å². The van der Waals surface area contributed by atoms with Crippen LogP contribution < -0.4 is 5.32 Å². The molecule has 0 bridgehead atoms. The number of fused-ring (bicyclic) bond motifs is 1. The third-order valence-corrected chi connectivity index (χ3v) is 3.16. The number of aromatic carboxylic acids is 1. The van der Waals surface area contributed by atoms with E-state index in [0.717, 1.165) is 5.56 Å². The smallest absolute Gasteiger partial charge is 0.335 e. The number of carboxylic acids is 1. The molecule has 0 fully saturated rings. The van der Waals surface area contributed by atoms with E-state index in [9.17, 15) is 9.59 Å². The van der Waals surface area contributed by atoms with Crippen LogP contribution in [0.2, 0.25) is 0 Å². The highest BCUT2D eigenvalue weighted by atomic mass is 16.4. The second kappa shape index (κ2) is 4.66. The summed E-state index contributed by atoms with van der Waals surface area (Å²) in [4.78, 5) is 23.0. The van der Waals surface area contributed by atoms with Gasteiger partial charge in [-0.1, -0.05) is 30.3 Å². The van der Waals surface area contributed by atoms with Gasteiger partial charge in [0.2, 0.25) is 0 Å². The first-order chi connectivity index (χ1) is 9.65. The Balaban J connectivity index is 2.11. The molecule has 20 heavy (non-hydrogen) atoms. The predicted octanol–water partition coefficient (Wildman–Crippen LogP) is 2.88. The van der Waals surface area contributed by atoms with Gasteiger partial charge in [0.25, 0.3) is 5.91 Å². The van der Waals surface area contributed by atoms with Gasteiger partial charge in [0.05, 0.1) is 5.56 Å². The van der Waals surface area contributed by atoms with Crippen LogP contribution in [0.3, 0.4) is 0 Å². The molecule has 0 unspecified atom stereocenters. The zero-order valence-corrected chi connectivity index (χ0v) is 10.5. The van der Waals surface area contributed by atoms with E-state index in [4.69, 9.17) is 5.11 Å². The lowest BCUT2D eigenvalue weighted by Crippen LogP contribution is -2.03. The van der Waals surface area contributed by atoms with Crippen LogP contribution in [0.15, 0.2) is 48.5 Å². The summed E-state index contributed by atoms with van der Waals surface area (Å²) >= 11 is 0. The van der Waals surface area contributed by atoms with Crippen LogP contribution >= 0.6 is 0 Å². The Labute approximate surface area is 115 Å². The molecule has 2 aromatic rings. The van der Waals surface area contributed by atoms with Crippen molar-refractivity contribution in [3.05, 3.63) is 65.2 Å². The van der Waals surface area contributed by atoms with Crippen LogP contribution in [-0.4, -0.2) is 17.0 Å². The molecular formula is C16H11NO3. The molecule has 1 heterocycles. The summed E-state index contributed by atoms with van der Waals surface area (Å²) in [6.07, 6.45) is 1.76. The van der Waals surface area contributed by atoms with Gasteiger partial charge < -0.3 is 10.4 Å². The molecule has 0 aromatic heterocycles. The maximum Gasteiger partial charge on any atom is 0.335 e. The highest BCUT2D eigenvalue weighted by molar-refractivity contribution is 6.35. The third-order valence-electron chi connectivity index (χ3n) is 3.16. The zero-order valence-electron chi connectivity index (χ0n) is 10.5. The number of amides is 1. The average Bonchev–Trinajstić information content (AvgIpc) is 2.75. The van der Waals surface area contributed by atoms with Gasteiger partial charge >= 0.3 is 5.97 Å². The molecule has 2 aromatic carbocycles. The number of hydrogen-bond acceptors (Lipinski definition) is 2. The van der Waals surface area contributed by atoms with Crippen LogP contribution in [-0.2, 0) is 4.79 Å². The van der Waals surface area contributed by atoms with E-state index in [1.807, 2.05) is 30.3 Å². The van der Waals surface area contributed by atoms with Crippen molar-refractivity contribution in [1.82, 2.24) is 0 Å². The quantitative estimate of drug-likeness (QED) is 0.820. The molecule has 1 amide bonds. The van der Waals surface area contributed by atoms with Gasteiger partial charge in [-0.15, -0.1) is 0 Å². The van der Waals surface area contributed by atoms with Crippen LogP contribution in [0.1, 0.15) is 21.5 Å². The maximum atomic E-state index is 12.0. The van der Waals surface area contributed by atoms with E-state index in [1.165, 1.54) is 12.1 Å². The molecule has 1 aliphatic rings. The maximum absolute atomic E-state index is 12.0.